The topological polar surface area (TPSA) is 92.6 Å². The molecule has 4 rings (SSSR count). The van der Waals surface area contributed by atoms with Crippen LogP contribution in [0.1, 0.15) is 89.6 Å². The molecule has 41 heavy (non-hydrogen) atoms. The molecule has 0 spiro atoms. The van der Waals surface area contributed by atoms with E-state index in [-0.39, 0.29) is 30.3 Å². The number of aliphatic hydroxyl groups excluding tert-OH is 1. The van der Waals surface area contributed by atoms with Crippen molar-refractivity contribution in [1.29, 1.82) is 0 Å². The van der Waals surface area contributed by atoms with Crippen LogP contribution in [0.2, 0.25) is 0 Å². The Morgan fingerprint density at radius 1 is 1.15 bits per heavy atom. The number of methoxy groups -OCH3 is 1. The molecule has 1 unspecified atom stereocenters. The van der Waals surface area contributed by atoms with E-state index in [1.165, 1.54) is 0 Å². The number of nitrogens with one attached hydrogen (secondary N) is 1. The van der Waals surface area contributed by atoms with Gasteiger partial charge in [0.05, 0.1) is 26.4 Å². The second-order valence-corrected chi connectivity index (χ2v) is 12.1. The molecule has 1 atom stereocenters. The lowest BCUT2D eigenvalue weighted by atomic mass is 9.84. The van der Waals surface area contributed by atoms with Crippen molar-refractivity contribution in [1.82, 2.24) is 10.2 Å². The summed E-state index contributed by atoms with van der Waals surface area (Å²) in [5.41, 5.74) is 4.64. The van der Waals surface area contributed by atoms with E-state index in [2.05, 4.69) is 57.0 Å². The smallest absolute Gasteiger partial charge is 0.199 e. The van der Waals surface area contributed by atoms with E-state index in [1.807, 2.05) is 13.0 Å². The van der Waals surface area contributed by atoms with Crippen LogP contribution in [0.4, 0.5) is 0 Å². The fourth-order valence-corrected chi connectivity index (χ4v) is 5.21. The second kappa shape index (κ2) is 13.1. The Bertz CT molecular complexity index is 1250. The predicted molar refractivity (Wildman–Crippen MR) is 163 cm³/mol. The van der Waals surface area contributed by atoms with Crippen molar-refractivity contribution >= 4 is 11.7 Å². The maximum atomic E-state index is 13.8. The number of rotatable bonds is 11. The van der Waals surface area contributed by atoms with Crippen LogP contribution in [0.25, 0.3) is 0 Å². The minimum atomic E-state index is -0.264. The number of ketones is 1. The molecule has 2 heterocycles. The van der Waals surface area contributed by atoms with Crippen molar-refractivity contribution < 1.29 is 24.1 Å². The van der Waals surface area contributed by atoms with Gasteiger partial charge < -0.3 is 29.5 Å². The molecular formula is C33H47N3O5. The van der Waals surface area contributed by atoms with Crippen LogP contribution in [-0.2, 0) is 10.2 Å². The Hall–Kier alpha value is -3.26. The number of hydrogen-bond acceptors (Lipinski definition) is 8. The summed E-state index contributed by atoms with van der Waals surface area (Å²) in [7, 11) is 1.62. The van der Waals surface area contributed by atoms with E-state index >= 15 is 0 Å². The third kappa shape index (κ3) is 7.34. The lowest BCUT2D eigenvalue weighted by Crippen LogP contribution is -2.42. The zero-order valence-electron chi connectivity index (χ0n) is 25.8. The summed E-state index contributed by atoms with van der Waals surface area (Å²) < 4.78 is 17.7. The summed E-state index contributed by atoms with van der Waals surface area (Å²) in [6.45, 7) is 14.2. The molecule has 1 saturated carbocycles. The van der Waals surface area contributed by atoms with Gasteiger partial charge in [-0.2, -0.15) is 0 Å². The molecule has 0 amide bonds. The zero-order valence-corrected chi connectivity index (χ0v) is 25.8. The van der Waals surface area contributed by atoms with E-state index in [4.69, 9.17) is 19.2 Å². The van der Waals surface area contributed by atoms with Gasteiger partial charge in [0, 0.05) is 48.9 Å². The predicted octanol–water partition coefficient (Wildman–Crippen LogP) is 5.66. The largest absolute Gasteiger partial charge is 0.494 e. The SMILES string of the molecule is CCOC1=CCN2C(=CCC(CC(=O)c3cc(OCCCO)c(OC)c(C(C)(C)C)c3)N=C2NC2CC2)C(C)=C1C. The van der Waals surface area contributed by atoms with Gasteiger partial charge in [-0.3, -0.25) is 4.79 Å². The number of ether oxygens (including phenoxy) is 3. The summed E-state index contributed by atoms with van der Waals surface area (Å²) in [5, 5.41) is 12.9. The van der Waals surface area contributed by atoms with Crippen molar-refractivity contribution in [3.8, 4) is 11.5 Å². The van der Waals surface area contributed by atoms with Crippen LogP contribution in [0.15, 0.2) is 51.9 Å². The third-order valence-corrected chi connectivity index (χ3v) is 7.79. The monoisotopic (exact) mass is 565 g/mol. The van der Waals surface area contributed by atoms with E-state index in [1.54, 1.807) is 13.2 Å². The summed E-state index contributed by atoms with van der Waals surface area (Å²) in [6.07, 6.45) is 8.05. The fourth-order valence-electron chi connectivity index (χ4n) is 5.21. The molecule has 0 saturated heterocycles. The Balaban J connectivity index is 1.66. The Kier molecular flexibility index (Phi) is 9.84. The maximum Gasteiger partial charge on any atom is 0.199 e. The van der Waals surface area contributed by atoms with Gasteiger partial charge in [0.15, 0.2) is 23.2 Å². The molecule has 1 aromatic rings. The highest BCUT2D eigenvalue weighted by Gasteiger charge is 2.32. The number of aliphatic imine (C=N–C) groups is 1. The first-order chi connectivity index (χ1) is 19.6. The summed E-state index contributed by atoms with van der Waals surface area (Å²) >= 11 is 0. The number of allylic oxidation sites excluding steroid dienone is 2. The molecule has 1 aliphatic carbocycles. The molecule has 1 fully saturated rings. The van der Waals surface area contributed by atoms with Gasteiger partial charge in [-0.05, 0) is 74.8 Å². The molecule has 8 nitrogen and oxygen atoms in total. The number of carbonyl (C=O) groups is 1. The number of Topliss-reactive ketones (excluding diaryl/α,β-unsaturated/α-hetero) is 1. The van der Waals surface area contributed by atoms with Crippen LogP contribution in [0.3, 0.4) is 0 Å². The molecule has 0 radical (unpaired) electrons. The third-order valence-electron chi connectivity index (χ3n) is 7.79. The number of hydrogen-bond donors (Lipinski definition) is 2. The van der Waals surface area contributed by atoms with Gasteiger partial charge in [-0.1, -0.05) is 26.8 Å². The molecular weight excluding hydrogens is 518 g/mol. The molecule has 224 valence electrons. The average Bonchev–Trinajstić information content (AvgIpc) is 3.77. The number of nitrogens with zero attached hydrogens (tertiary/aromatic N) is 2. The number of fused-ring (bicyclic) bond motifs is 1. The number of aliphatic hydroxyl groups is 1. The summed E-state index contributed by atoms with van der Waals surface area (Å²) in [5.74, 6) is 2.92. The Labute approximate surface area is 245 Å². The minimum Gasteiger partial charge on any atom is -0.494 e. The van der Waals surface area contributed by atoms with Crippen LogP contribution in [-0.4, -0.2) is 67.3 Å². The van der Waals surface area contributed by atoms with Crippen LogP contribution in [0, 0.1) is 0 Å². The lowest BCUT2D eigenvalue weighted by molar-refractivity contribution is 0.0974. The van der Waals surface area contributed by atoms with Crippen LogP contribution < -0.4 is 14.8 Å². The quantitative estimate of drug-likeness (QED) is 0.264. The molecule has 0 bridgehead atoms. The number of carbonyl (C=O) groups excluding carboxylic acids is 1. The van der Waals surface area contributed by atoms with Crippen molar-refractivity contribution in [2.45, 2.75) is 91.1 Å². The van der Waals surface area contributed by atoms with Crippen molar-refractivity contribution in [2.24, 2.45) is 4.99 Å². The molecule has 3 aliphatic rings. The molecule has 8 heteroatoms. The zero-order chi connectivity index (χ0) is 29.7. The van der Waals surface area contributed by atoms with Crippen LogP contribution in [0.5, 0.6) is 11.5 Å². The van der Waals surface area contributed by atoms with E-state index in [0.717, 1.165) is 47.0 Å². The van der Waals surface area contributed by atoms with Gasteiger partial charge in [-0.25, -0.2) is 4.99 Å². The molecule has 1 aromatic carbocycles. The van der Waals surface area contributed by atoms with E-state index < -0.39 is 0 Å². The summed E-state index contributed by atoms with van der Waals surface area (Å²) in [4.78, 5) is 21.2. The standard InChI is InChI=1S/C33H47N3O5/c1-8-40-29-14-15-36-27(21(2)22(29)3)13-12-25(35-32(36)34-24-10-11-24)20-28(38)23-18-26(33(4,5)6)31(39-7)30(19-23)41-17-9-16-37/h13-14,18-19,24-25,37H,8-12,15-17,20H2,1-7H3,(H,34,35). The fraction of sp³-hybridized carbons (Fsp3) is 0.576. The lowest BCUT2D eigenvalue weighted by Gasteiger charge is -2.27. The average molecular weight is 566 g/mol. The Morgan fingerprint density at radius 3 is 2.54 bits per heavy atom. The first-order valence-electron chi connectivity index (χ1n) is 14.9. The first kappa shape index (κ1) is 30.7. The number of guanidine groups is 1. The highest BCUT2D eigenvalue weighted by Crippen LogP contribution is 2.40. The van der Waals surface area contributed by atoms with Gasteiger partial charge in [-0.15, -0.1) is 0 Å². The normalized spacial score (nSPS) is 19.4. The highest BCUT2D eigenvalue weighted by atomic mass is 16.5. The molecule has 2 aliphatic heterocycles. The Morgan fingerprint density at radius 2 is 1.90 bits per heavy atom. The number of benzene rings is 1. The van der Waals surface area contributed by atoms with Gasteiger partial charge in [0.1, 0.15) is 5.76 Å². The van der Waals surface area contributed by atoms with Gasteiger partial charge in [0.2, 0.25) is 0 Å². The van der Waals surface area contributed by atoms with E-state index in [9.17, 15) is 9.90 Å². The van der Waals surface area contributed by atoms with Crippen LogP contribution >= 0.6 is 0 Å². The van der Waals surface area contributed by atoms with Gasteiger partial charge >= 0.3 is 0 Å². The van der Waals surface area contributed by atoms with Crippen molar-refractivity contribution in [3.63, 3.8) is 0 Å². The first-order valence-corrected chi connectivity index (χ1v) is 14.9. The second-order valence-electron chi connectivity index (χ2n) is 12.1. The van der Waals surface area contributed by atoms with Crippen molar-refractivity contribution in [2.75, 3.05) is 33.5 Å². The summed E-state index contributed by atoms with van der Waals surface area (Å²) in [6, 6.07) is 3.93. The maximum absolute atomic E-state index is 13.8. The highest BCUT2D eigenvalue weighted by molar-refractivity contribution is 5.98. The van der Waals surface area contributed by atoms with Gasteiger partial charge in [0.25, 0.3) is 0 Å². The van der Waals surface area contributed by atoms with E-state index in [0.29, 0.717) is 55.7 Å². The molecule has 2 N–H and O–H groups in total. The van der Waals surface area contributed by atoms with Crippen molar-refractivity contribution in [3.05, 3.63) is 58.0 Å². The minimum absolute atomic E-state index is 0.0159. The molecule has 0 aromatic heterocycles.